The summed E-state index contributed by atoms with van der Waals surface area (Å²) in [6, 6.07) is 4.36. The first-order valence-corrected chi connectivity index (χ1v) is 9.33. The van der Waals surface area contributed by atoms with Crippen LogP contribution in [0.5, 0.6) is 0 Å². The molecule has 1 aromatic rings. The number of nitrogens with one attached hydrogen (secondary N) is 1. The van der Waals surface area contributed by atoms with Crippen molar-refractivity contribution in [2.45, 2.75) is 57.9 Å². The summed E-state index contributed by atoms with van der Waals surface area (Å²) in [6.45, 7) is 4.50. The summed E-state index contributed by atoms with van der Waals surface area (Å²) in [5.74, 6) is 1.12. The Kier molecular flexibility index (Phi) is 5.90. The Morgan fingerprint density at radius 1 is 1.09 bits per heavy atom. The molecule has 1 aliphatic carbocycles. The number of pyridine rings is 1. The third-order valence-electron chi connectivity index (χ3n) is 5.62. The van der Waals surface area contributed by atoms with Crippen molar-refractivity contribution < 1.29 is 5.11 Å². The van der Waals surface area contributed by atoms with Gasteiger partial charge in [-0.3, -0.25) is 0 Å². The lowest BCUT2D eigenvalue weighted by Gasteiger charge is -2.37. The molecule has 2 N–H and O–H groups in total. The van der Waals surface area contributed by atoms with Gasteiger partial charge in [0.05, 0.1) is 0 Å². The van der Waals surface area contributed by atoms with Crippen molar-refractivity contribution in [2.75, 3.05) is 31.1 Å². The summed E-state index contributed by atoms with van der Waals surface area (Å²) in [5.41, 5.74) is 1.57. The van der Waals surface area contributed by atoms with Gasteiger partial charge in [-0.2, -0.15) is 0 Å². The van der Waals surface area contributed by atoms with Crippen molar-refractivity contribution in [3.8, 4) is 0 Å². The highest BCUT2D eigenvalue weighted by molar-refractivity contribution is 5.40. The van der Waals surface area contributed by atoms with E-state index in [1.54, 1.807) is 0 Å². The first kappa shape index (κ1) is 16.7. The monoisotopic (exact) mass is 317 g/mol. The smallest absolute Gasteiger partial charge is 0.128 e. The van der Waals surface area contributed by atoms with Gasteiger partial charge in [-0.05, 0) is 49.1 Å². The van der Waals surface area contributed by atoms with Crippen LogP contribution in [0.15, 0.2) is 18.3 Å². The summed E-state index contributed by atoms with van der Waals surface area (Å²) in [7, 11) is 0. The molecule has 0 unspecified atom stereocenters. The van der Waals surface area contributed by atoms with Crippen LogP contribution in [0.2, 0.25) is 0 Å². The van der Waals surface area contributed by atoms with Crippen LogP contribution in [0.1, 0.15) is 56.9 Å². The second-order valence-corrected chi connectivity index (χ2v) is 7.36. The van der Waals surface area contributed by atoms with E-state index in [2.05, 4.69) is 27.3 Å². The topological polar surface area (TPSA) is 48.4 Å². The molecule has 0 amide bonds. The van der Waals surface area contributed by atoms with E-state index in [-0.39, 0.29) is 0 Å². The second-order valence-electron chi connectivity index (χ2n) is 7.36. The molecule has 0 spiro atoms. The van der Waals surface area contributed by atoms with E-state index >= 15 is 0 Å². The van der Waals surface area contributed by atoms with Crippen molar-refractivity contribution in [2.24, 2.45) is 5.41 Å². The average Bonchev–Trinajstić information content (AvgIpc) is 3.11. The van der Waals surface area contributed by atoms with Crippen LogP contribution in [0.3, 0.4) is 0 Å². The SMILES string of the molecule is OCCC1(CNCc2ccc(N3CCCC3)nc2)CCCCC1. The molecule has 2 heterocycles. The molecule has 1 saturated heterocycles. The van der Waals surface area contributed by atoms with Crippen molar-refractivity contribution in [3.05, 3.63) is 23.9 Å². The zero-order chi connectivity index (χ0) is 16.0. The second kappa shape index (κ2) is 8.11. The first-order chi connectivity index (χ1) is 11.3. The highest BCUT2D eigenvalue weighted by Gasteiger charge is 2.30. The molecular weight excluding hydrogens is 286 g/mol. The van der Waals surface area contributed by atoms with Crippen molar-refractivity contribution in [1.82, 2.24) is 10.3 Å². The predicted molar refractivity (Wildman–Crippen MR) is 94.6 cm³/mol. The number of hydrogen-bond donors (Lipinski definition) is 2. The van der Waals surface area contributed by atoms with Gasteiger partial charge in [0.1, 0.15) is 5.82 Å². The maximum atomic E-state index is 9.39. The van der Waals surface area contributed by atoms with Gasteiger partial charge in [-0.25, -0.2) is 4.98 Å². The lowest BCUT2D eigenvalue weighted by Crippen LogP contribution is -2.36. The van der Waals surface area contributed by atoms with E-state index in [0.717, 1.165) is 38.4 Å². The van der Waals surface area contributed by atoms with Crippen LogP contribution in [0.25, 0.3) is 0 Å². The van der Waals surface area contributed by atoms with Gasteiger partial charge < -0.3 is 15.3 Å². The zero-order valence-electron chi connectivity index (χ0n) is 14.3. The van der Waals surface area contributed by atoms with Crippen LogP contribution < -0.4 is 10.2 Å². The van der Waals surface area contributed by atoms with Gasteiger partial charge in [-0.1, -0.05) is 25.3 Å². The molecule has 0 bridgehead atoms. The van der Waals surface area contributed by atoms with Gasteiger partial charge >= 0.3 is 0 Å². The molecular formula is C19H31N3O. The molecule has 23 heavy (non-hydrogen) atoms. The Morgan fingerprint density at radius 3 is 2.52 bits per heavy atom. The van der Waals surface area contributed by atoms with E-state index in [1.807, 2.05) is 6.20 Å². The van der Waals surface area contributed by atoms with E-state index in [0.29, 0.717) is 12.0 Å². The Labute approximate surface area is 140 Å². The van der Waals surface area contributed by atoms with Crippen LogP contribution >= 0.6 is 0 Å². The highest BCUT2D eigenvalue weighted by Crippen LogP contribution is 2.38. The summed E-state index contributed by atoms with van der Waals surface area (Å²) >= 11 is 0. The van der Waals surface area contributed by atoms with Crippen LogP contribution in [0.4, 0.5) is 5.82 Å². The molecule has 128 valence electrons. The number of aliphatic hydroxyl groups is 1. The molecule has 4 nitrogen and oxygen atoms in total. The molecule has 1 aromatic heterocycles. The summed E-state index contributed by atoms with van der Waals surface area (Å²) in [6.07, 6.45) is 12.0. The minimum absolute atomic E-state index is 0.313. The maximum absolute atomic E-state index is 9.39. The number of nitrogens with zero attached hydrogens (tertiary/aromatic N) is 2. The molecule has 0 aromatic carbocycles. The molecule has 1 aliphatic heterocycles. The van der Waals surface area contributed by atoms with Gasteiger partial charge in [-0.15, -0.1) is 0 Å². The molecule has 2 fully saturated rings. The predicted octanol–water partition coefficient (Wildman–Crippen LogP) is 3.10. The summed E-state index contributed by atoms with van der Waals surface area (Å²) < 4.78 is 0. The van der Waals surface area contributed by atoms with E-state index in [1.165, 1.54) is 50.5 Å². The molecule has 0 atom stereocenters. The van der Waals surface area contributed by atoms with E-state index < -0.39 is 0 Å². The summed E-state index contributed by atoms with van der Waals surface area (Å²) in [5, 5.41) is 13.0. The normalized spacial score (nSPS) is 20.8. The van der Waals surface area contributed by atoms with Gasteiger partial charge in [0, 0.05) is 39.0 Å². The highest BCUT2D eigenvalue weighted by atomic mass is 16.3. The van der Waals surface area contributed by atoms with Gasteiger partial charge in [0.2, 0.25) is 0 Å². The Hall–Kier alpha value is -1.13. The number of aromatic nitrogens is 1. The van der Waals surface area contributed by atoms with Crippen LogP contribution in [-0.2, 0) is 6.54 Å². The first-order valence-electron chi connectivity index (χ1n) is 9.33. The van der Waals surface area contributed by atoms with E-state index in [4.69, 9.17) is 0 Å². The van der Waals surface area contributed by atoms with Gasteiger partial charge in [0.25, 0.3) is 0 Å². The van der Waals surface area contributed by atoms with E-state index in [9.17, 15) is 5.11 Å². The summed E-state index contributed by atoms with van der Waals surface area (Å²) in [4.78, 5) is 7.00. The molecule has 2 aliphatic rings. The van der Waals surface area contributed by atoms with Crippen molar-refractivity contribution in [1.29, 1.82) is 0 Å². The van der Waals surface area contributed by atoms with Crippen LogP contribution in [-0.4, -0.2) is 36.3 Å². The fourth-order valence-corrected chi connectivity index (χ4v) is 4.18. The van der Waals surface area contributed by atoms with Crippen LogP contribution in [0, 0.1) is 5.41 Å². The minimum atomic E-state index is 0.313. The molecule has 0 radical (unpaired) electrons. The molecule has 1 saturated carbocycles. The Balaban J connectivity index is 1.49. The van der Waals surface area contributed by atoms with Crippen molar-refractivity contribution >= 4 is 5.82 Å². The zero-order valence-corrected chi connectivity index (χ0v) is 14.3. The Morgan fingerprint density at radius 2 is 1.87 bits per heavy atom. The third kappa shape index (κ3) is 4.45. The number of rotatable bonds is 7. The lowest BCUT2D eigenvalue weighted by atomic mass is 9.72. The lowest BCUT2D eigenvalue weighted by molar-refractivity contribution is 0.126. The van der Waals surface area contributed by atoms with Crippen molar-refractivity contribution in [3.63, 3.8) is 0 Å². The Bertz CT molecular complexity index is 456. The largest absolute Gasteiger partial charge is 0.396 e. The van der Waals surface area contributed by atoms with Gasteiger partial charge in [0.15, 0.2) is 0 Å². The average molecular weight is 317 g/mol. The minimum Gasteiger partial charge on any atom is -0.396 e. The number of hydrogen-bond acceptors (Lipinski definition) is 4. The third-order valence-corrected chi connectivity index (χ3v) is 5.62. The molecule has 3 rings (SSSR count). The fraction of sp³-hybridized carbons (Fsp3) is 0.737. The quantitative estimate of drug-likeness (QED) is 0.811. The maximum Gasteiger partial charge on any atom is 0.128 e. The molecule has 4 heteroatoms. The number of aliphatic hydroxyl groups excluding tert-OH is 1. The standard InChI is InChI=1S/C19H31N3O/c23-13-10-19(8-2-1-3-9-19)16-20-14-17-6-7-18(21-15-17)22-11-4-5-12-22/h6-7,15,20,23H,1-5,8-14,16H2. The number of anilines is 1. The fourth-order valence-electron chi connectivity index (χ4n) is 4.18.